The Hall–Kier alpha value is -0.640. The van der Waals surface area contributed by atoms with Gasteiger partial charge in [0.05, 0.1) is 5.02 Å². The summed E-state index contributed by atoms with van der Waals surface area (Å²) in [5.41, 5.74) is 4.22. The predicted molar refractivity (Wildman–Crippen MR) is 86.9 cm³/mol. The van der Waals surface area contributed by atoms with Gasteiger partial charge >= 0.3 is 0 Å². The Balaban J connectivity index is 1.65. The number of hydrazine groups is 1. The summed E-state index contributed by atoms with van der Waals surface area (Å²) in [5.74, 6) is 8.46. The van der Waals surface area contributed by atoms with Gasteiger partial charge in [0.2, 0.25) is 0 Å². The molecule has 0 aliphatic heterocycles. The van der Waals surface area contributed by atoms with E-state index in [0.29, 0.717) is 12.0 Å². The van der Waals surface area contributed by atoms with Crippen LogP contribution in [0.25, 0.3) is 0 Å². The zero-order chi connectivity index (χ0) is 14.7. The van der Waals surface area contributed by atoms with E-state index in [-0.39, 0.29) is 0 Å². The molecule has 0 amide bonds. The van der Waals surface area contributed by atoms with E-state index >= 15 is 0 Å². The van der Waals surface area contributed by atoms with Crippen LogP contribution in [-0.2, 0) is 6.42 Å². The minimum atomic E-state index is 0.327. The summed E-state index contributed by atoms with van der Waals surface area (Å²) < 4.78 is 0. The second-order valence-corrected chi connectivity index (χ2v) is 7.23. The summed E-state index contributed by atoms with van der Waals surface area (Å²) >= 11 is 6.24. The molecular formula is C17H26ClN3. The molecule has 2 fully saturated rings. The van der Waals surface area contributed by atoms with Gasteiger partial charge in [0.1, 0.15) is 0 Å². The lowest BCUT2D eigenvalue weighted by molar-refractivity contribution is 0.109. The van der Waals surface area contributed by atoms with E-state index in [4.69, 9.17) is 17.4 Å². The maximum atomic E-state index is 6.24. The van der Waals surface area contributed by atoms with Crippen LogP contribution in [0, 0.1) is 17.8 Å². The summed E-state index contributed by atoms with van der Waals surface area (Å²) in [6, 6.07) is 2.34. The van der Waals surface area contributed by atoms with Crippen LogP contribution in [0.3, 0.4) is 0 Å². The maximum absolute atomic E-state index is 6.24. The molecule has 0 radical (unpaired) electrons. The number of nitrogens with one attached hydrogen (secondary N) is 1. The van der Waals surface area contributed by atoms with E-state index in [1.807, 2.05) is 12.3 Å². The Kier molecular flexibility index (Phi) is 5.15. The lowest BCUT2D eigenvalue weighted by Gasteiger charge is -2.42. The van der Waals surface area contributed by atoms with Crippen LogP contribution >= 0.6 is 11.6 Å². The molecule has 0 saturated heterocycles. The van der Waals surface area contributed by atoms with E-state index in [9.17, 15) is 0 Å². The lowest BCUT2D eigenvalue weighted by atomic mass is 9.66. The Bertz CT molecular complexity index is 465. The van der Waals surface area contributed by atoms with Crippen LogP contribution in [0.5, 0.6) is 0 Å². The van der Waals surface area contributed by atoms with Crippen molar-refractivity contribution in [1.29, 1.82) is 0 Å². The number of fused-ring (bicyclic) bond motifs is 1. The fraction of sp³-hybridized carbons (Fsp3) is 0.706. The van der Waals surface area contributed by atoms with Gasteiger partial charge in [-0.1, -0.05) is 37.3 Å². The highest BCUT2D eigenvalue weighted by atomic mass is 35.5. The Labute approximate surface area is 132 Å². The fourth-order valence-corrected chi connectivity index (χ4v) is 4.64. The van der Waals surface area contributed by atoms with E-state index in [0.717, 1.165) is 28.8 Å². The van der Waals surface area contributed by atoms with Crippen molar-refractivity contribution in [3.05, 3.63) is 29.0 Å². The first kappa shape index (κ1) is 15.3. The maximum Gasteiger partial charge on any atom is 0.0621 e. The van der Waals surface area contributed by atoms with Gasteiger partial charge < -0.3 is 0 Å². The average Bonchev–Trinajstić information content (AvgIpc) is 2.54. The third-order valence-corrected chi connectivity index (χ3v) is 6.00. The fourth-order valence-electron chi connectivity index (χ4n) is 4.44. The SMILES string of the molecule is NNC(Cc1ccncc1Cl)C1CCC2CCCCC2C1. The number of halogens is 1. The largest absolute Gasteiger partial charge is 0.271 e. The summed E-state index contributed by atoms with van der Waals surface area (Å²) in [4.78, 5) is 4.06. The van der Waals surface area contributed by atoms with Crippen LogP contribution in [-0.4, -0.2) is 11.0 Å². The molecule has 4 atom stereocenters. The Morgan fingerprint density at radius 3 is 2.81 bits per heavy atom. The van der Waals surface area contributed by atoms with Crippen molar-refractivity contribution in [2.45, 2.75) is 57.4 Å². The molecule has 4 unspecified atom stereocenters. The molecule has 116 valence electrons. The molecule has 1 heterocycles. The number of hydrogen-bond acceptors (Lipinski definition) is 3. The van der Waals surface area contributed by atoms with E-state index in [1.165, 1.54) is 44.9 Å². The minimum absolute atomic E-state index is 0.327. The van der Waals surface area contributed by atoms with Crippen molar-refractivity contribution >= 4 is 11.6 Å². The van der Waals surface area contributed by atoms with Crippen molar-refractivity contribution in [3.8, 4) is 0 Å². The smallest absolute Gasteiger partial charge is 0.0621 e. The van der Waals surface area contributed by atoms with Gasteiger partial charge in [-0.05, 0) is 55.1 Å². The molecule has 3 nitrogen and oxygen atoms in total. The van der Waals surface area contributed by atoms with Gasteiger partial charge in [-0.15, -0.1) is 0 Å². The molecular weight excluding hydrogens is 282 g/mol. The second kappa shape index (κ2) is 7.08. The first-order valence-electron chi connectivity index (χ1n) is 8.32. The highest BCUT2D eigenvalue weighted by Crippen LogP contribution is 2.43. The highest BCUT2D eigenvalue weighted by Gasteiger charge is 2.35. The first-order valence-corrected chi connectivity index (χ1v) is 8.70. The molecule has 3 N–H and O–H groups in total. The van der Waals surface area contributed by atoms with E-state index in [1.54, 1.807) is 6.20 Å². The molecule has 21 heavy (non-hydrogen) atoms. The van der Waals surface area contributed by atoms with E-state index < -0.39 is 0 Å². The van der Waals surface area contributed by atoms with Crippen molar-refractivity contribution in [2.24, 2.45) is 23.6 Å². The normalized spacial score (nSPS) is 30.7. The number of nitrogens with two attached hydrogens (primary N) is 1. The molecule has 0 spiro atoms. The highest BCUT2D eigenvalue weighted by molar-refractivity contribution is 6.31. The van der Waals surface area contributed by atoms with Gasteiger partial charge in [0, 0.05) is 18.4 Å². The molecule has 2 saturated carbocycles. The molecule has 2 aliphatic carbocycles. The topological polar surface area (TPSA) is 50.9 Å². The zero-order valence-electron chi connectivity index (χ0n) is 12.6. The number of rotatable bonds is 4. The van der Waals surface area contributed by atoms with Crippen molar-refractivity contribution < 1.29 is 0 Å². The van der Waals surface area contributed by atoms with Crippen molar-refractivity contribution in [2.75, 3.05) is 0 Å². The van der Waals surface area contributed by atoms with Gasteiger partial charge in [0.25, 0.3) is 0 Å². The summed E-state index contributed by atoms with van der Waals surface area (Å²) in [6.45, 7) is 0. The monoisotopic (exact) mass is 307 g/mol. The standard InChI is InChI=1S/C17H26ClN3/c18-16-11-20-8-7-14(16)10-17(21-19)15-6-5-12-3-1-2-4-13(12)9-15/h7-8,11-13,15,17,21H,1-6,9-10,19H2. The number of aromatic nitrogens is 1. The van der Waals surface area contributed by atoms with Crippen LogP contribution in [0.1, 0.15) is 50.5 Å². The first-order chi connectivity index (χ1) is 10.3. The molecule has 1 aromatic heterocycles. The van der Waals surface area contributed by atoms with Crippen LogP contribution < -0.4 is 11.3 Å². The average molecular weight is 308 g/mol. The molecule has 0 bridgehead atoms. The van der Waals surface area contributed by atoms with Gasteiger partial charge in [0.15, 0.2) is 0 Å². The molecule has 4 heteroatoms. The Morgan fingerprint density at radius 2 is 2.05 bits per heavy atom. The quantitative estimate of drug-likeness (QED) is 0.658. The van der Waals surface area contributed by atoms with Crippen LogP contribution in [0.2, 0.25) is 5.02 Å². The molecule has 0 aromatic carbocycles. The third-order valence-electron chi connectivity index (χ3n) is 5.66. The molecule has 3 rings (SSSR count). The molecule has 1 aromatic rings. The van der Waals surface area contributed by atoms with Crippen molar-refractivity contribution in [3.63, 3.8) is 0 Å². The van der Waals surface area contributed by atoms with E-state index in [2.05, 4.69) is 10.4 Å². The summed E-state index contributed by atoms with van der Waals surface area (Å²) in [6.07, 6.45) is 14.2. The summed E-state index contributed by atoms with van der Waals surface area (Å²) in [5, 5.41) is 0.754. The van der Waals surface area contributed by atoms with Crippen LogP contribution in [0.15, 0.2) is 18.5 Å². The Morgan fingerprint density at radius 1 is 1.24 bits per heavy atom. The van der Waals surface area contributed by atoms with Crippen molar-refractivity contribution in [1.82, 2.24) is 10.4 Å². The number of nitrogens with zero attached hydrogens (tertiary/aromatic N) is 1. The zero-order valence-corrected chi connectivity index (χ0v) is 13.4. The van der Waals surface area contributed by atoms with Crippen LogP contribution in [0.4, 0.5) is 0 Å². The molecule has 2 aliphatic rings. The number of hydrogen-bond donors (Lipinski definition) is 2. The van der Waals surface area contributed by atoms with Gasteiger partial charge in [-0.2, -0.15) is 0 Å². The summed E-state index contributed by atoms with van der Waals surface area (Å²) in [7, 11) is 0. The predicted octanol–water partition coefficient (Wildman–Crippen LogP) is 3.72. The third kappa shape index (κ3) is 3.58. The van der Waals surface area contributed by atoms with Gasteiger partial charge in [-0.3, -0.25) is 16.3 Å². The minimum Gasteiger partial charge on any atom is -0.271 e. The van der Waals surface area contributed by atoms with Gasteiger partial charge in [-0.25, -0.2) is 0 Å². The lowest BCUT2D eigenvalue weighted by Crippen LogP contribution is -2.45. The second-order valence-electron chi connectivity index (χ2n) is 6.82. The number of pyridine rings is 1.